The number of hydrogen-bond acceptors (Lipinski definition) is 5. The molecule has 0 spiro atoms. The molecule has 166 valence electrons. The molecule has 1 aromatic carbocycles. The summed E-state index contributed by atoms with van der Waals surface area (Å²) in [6.07, 6.45) is 5.31. The zero-order valence-electron chi connectivity index (χ0n) is 17.8. The van der Waals surface area contributed by atoms with Crippen LogP contribution in [0.1, 0.15) is 38.2 Å². The predicted molar refractivity (Wildman–Crippen MR) is 113 cm³/mol. The molecule has 0 radical (unpaired) electrons. The number of nitrogens with one attached hydrogen (secondary N) is 1. The van der Waals surface area contributed by atoms with Gasteiger partial charge in [-0.25, -0.2) is 8.42 Å². The SMILES string of the molecule is COc1ccc(CC(=O)NC(C)C2CC3CCC2C3)cc1S(=O)(=O)N1CCOCC1. The van der Waals surface area contributed by atoms with Gasteiger partial charge < -0.3 is 14.8 Å². The topological polar surface area (TPSA) is 84.9 Å². The zero-order chi connectivity index (χ0) is 21.3. The Balaban J connectivity index is 1.45. The first kappa shape index (κ1) is 21.6. The highest BCUT2D eigenvalue weighted by Gasteiger charge is 2.42. The third-order valence-electron chi connectivity index (χ3n) is 7.00. The molecule has 4 rings (SSSR count). The molecule has 30 heavy (non-hydrogen) atoms. The predicted octanol–water partition coefficient (Wildman–Crippen LogP) is 2.20. The summed E-state index contributed by atoms with van der Waals surface area (Å²) < 4.78 is 38.2. The Bertz CT molecular complexity index is 882. The van der Waals surface area contributed by atoms with E-state index in [0.717, 1.165) is 11.8 Å². The molecule has 1 amide bonds. The van der Waals surface area contributed by atoms with E-state index in [-0.39, 0.29) is 23.3 Å². The minimum Gasteiger partial charge on any atom is -0.495 e. The summed E-state index contributed by atoms with van der Waals surface area (Å²) in [6, 6.07) is 5.13. The Morgan fingerprint density at radius 3 is 2.67 bits per heavy atom. The van der Waals surface area contributed by atoms with Gasteiger partial charge in [-0.3, -0.25) is 4.79 Å². The third-order valence-corrected chi connectivity index (χ3v) is 8.92. The van der Waals surface area contributed by atoms with Gasteiger partial charge in [0, 0.05) is 19.1 Å². The van der Waals surface area contributed by atoms with Gasteiger partial charge in [-0.15, -0.1) is 0 Å². The number of methoxy groups -OCH3 is 1. The third kappa shape index (κ3) is 4.36. The molecule has 8 heteroatoms. The van der Waals surface area contributed by atoms with Crippen LogP contribution in [0.15, 0.2) is 23.1 Å². The maximum Gasteiger partial charge on any atom is 0.246 e. The fraction of sp³-hybridized carbons (Fsp3) is 0.682. The molecule has 3 fully saturated rings. The van der Waals surface area contributed by atoms with Crippen molar-refractivity contribution in [3.05, 3.63) is 23.8 Å². The van der Waals surface area contributed by atoms with Crippen LogP contribution in [0.25, 0.3) is 0 Å². The van der Waals surface area contributed by atoms with Crippen molar-refractivity contribution >= 4 is 15.9 Å². The number of rotatable bonds is 7. The minimum absolute atomic E-state index is 0.0647. The number of carbonyl (C=O) groups is 1. The van der Waals surface area contributed by atoms with Gasteiger partial charge >= 0.3 is 0 Å². The fourth-order valence-corrected chi connectivity index (χ4v) is 7.08. The molecule has 1 heterocycles. The fourth-order valence-electron chi connectivity index (χ4n) is 5.46. The molecule has 2 bridgehead atoms. The van der Waals surface area contributed by atoms with Crippen molar-refractivity contribution in [1.29, 1.82) is 0 Å². The van der Waals surface area contributed by atoms with E-state index < -0.39 is 10.0 Å². The molecular formula is C22H32N2O5S. The number of carbonyl (C=O) groups excluding carboxylic acids is 1. The van der Waals surface area contributed by atoms with E-state index in [9.17, 15) is 13.2 Å². The maximum absolute atomic E-state index is 13.1. The van der Waals surface area contributed by atoms with Crippen LogP contribution >= 0.6 is 0 Å². The number of nitrogens with zero attached hydrogens (tertiary/aromatic N) is 1. The van der Waals surface area contributed by atoms with Crippen LogP contribution in [0.2, 0.25) is 0 Å². The summed E-state index contributed by atoms with van der Waals surface area (Å²) in [5.74, 6) is 2.39. The van der Waals surface area contributed by atoms with Crippen molar-refractivity contribution in [1.82, 2.24) is 9.62 Å². The van der Waals surface area contributed by atoms with Gasteiger partial charge in [0.2, 0.25) is 15.9 Å². The van der Waals surface area contributed by atoms with Gasteiger partial charge in [0.1, 0.15) is 10.6 Å². The monoisotopic (exact) mass is 436 g/mol. The van der Waals surface area contributed by atoms with Crippen molar-refractivity contribution in [2.45, 2.75) is 50.0 Å². The standard InChI is InChI=1S/C22H32N2O5S/c1-15(19-12-16-3-5-18(19)11-16)23-22(25)14-17-4-6-20(28-2)21(13-17)30(26,27)24-7-9-29-10-8-24/h4,6,13,15-16,18-19H,3,5,7-12,14H2,1-2H3,(H,23,25). The van der Waals surface area contributed by atoms with E-state index in [1.54, 1.807) is 18.2 Å². The molecule has 7 nitrogen and oxygen atoms in total. The summed E-state index contributed by atoms with van der Waals surface area (Å²) in [7, 11) is -2.25. The van der Waals surface area contributed by atoms with Crippen LogP contribution in [0, 0.1) is 17.8 Å². The summed E-state index contributed by atoms with van der Waals surface area (Å²) in [5.41, 5.74) is 0.667. The van der Waals surface area contributed by atoms with E-state index in [4.69, 9.17) is 9.47 Å². The van der Waals surface area contributed by atoms with Gasteiger partial charge in [0.25, 0.3) is 0 Å². The number of ether oxygens (including phenoxy) is 2. The lowest BCUT2D eigenvalue weighted by Crippen LogP contribution is -2.41. The van der Waals surface area contributed by atoms with Crippen LogP contribution in [0.5, 0.6) is 5.75 Å². The highest BCUT2D eigenvalue weighted by molar-refractivity contribution is 7.89. The Morgan fingerprint density at radius 2 is 2.03 bits per heavy atom. The summed E-state index contributed by atoms with van der Waals surface area (Å²) in [6.45, 7) is 3.50. The van der Waals surface area contributed by atoms with Gasteiger partial charge in [-0.05, 0) is 61.6 Å². The maximum atomic E-state index is 13.1. The highest BCUT2D eigenvalue weighted by Crippen LogP contribution is 2.49. The lowest BCUT2D eigenvalue weighted by Gasteiger charge is -2.28. The Morgan fingerprint density at radius 1 is 1.27 bits per heavy atom. The largest absolute Gasteiger partial charge is 0.495 e. The molecule has 4 atom stereocenters. The quantitative estimate of drug-likeness (QED) is 0.708. The molecule has 1 aliphatic heterocycles. The van der Waals surface area contributed by atoms with Crippen LogP contribution in [-0.4, -0.2) is 58.1 Å². The smallest absolute Gasteiger partial charge is 0.246 e. The molecule has 2 aliphatic carbocycles. The number of amides is 1. The minimum atomic E-state index is -3.71. The Kier molecular flexibility index (Phi) is 6.36. The number of sulfonamides is 1. The van der Waals surface area contributed by atoms with Crippen LogP contribution in [-0.2, 0) is 26.0 Å². The van der Waals surface area contributed by atoms with Crippen molar-refractivity contribution in [3.63, 3.8) is 0 Å². The van der Waals surface area contributed by atoms with E-state index in [0.29, 0.717) is 43.5 Å². The first-order chi connectivity index (χ1) is 14.4. The van der Waals surface area contributed by atoms with Crippen LogP contribution in [0.3, 0.4) is 0 Å². The van der Waals surface area contributed by atoms with Crippen molar-refractivity contribution < 1.29 is 22.7 Å². The number of benzene rings is 1. The number of hydrogen-bond donors (Lipinski definition) is 1. The number of morpholine rings is 1. The Labute approximate surface area is 179 Å². The van der Waals surface area contributed by atoms with Gasteiger partial charge in [-0.2, -0.15) is 4.31 Å². The molecule has 1 saturated heterocycles. The molecule has 4 unspecified atom stereocenters. The van der Waals surface area contributed by atoms with E-state index in [1.165, 1.54) is 37.1 Å². The van der Waals surface area contributed by atoms with E-state index in [1.807, 2.05) is 0 Å². The molecule has 2 saturated carbocycles. The molecule has 1 N–H and O–H groups in total. The van der Waals surface area contributed by atoms with Crippen molar-refractivity contribution in [2.24, 2.45) is 17.8 Å². The van der Waals surface area contributed by atoms with Crippen LogP contribution in [0.4, 0.5) is 0 Å². The average Bonchev–Trinajstić information content (AvgIpc) is 3.38. The zero-order valence-corrected chi connectivity index (χ0v) is 18.6. The van der Waals surface area contributed by atoms with Gasteiger partial charge in [0.15, 0.2) is 0 Å². The average molecular weight is 437 g/mol. The van der Waals surface area contributed by atoms with Gasteiger partial charge in [0.05, 0.1) is 26.7 Å². The number of fused-ring (bicyclic) bond motifs is 2. The summed E-state index contributed by atoms with van der Waals surface area (Å²) in [4.78, 5) is 12.8. The molecule has 3 aliphatic rings. The van der Waals surface area contributed by atoms with Crippen molar-refractivity contribution in [3.8, 4) is 5.75 Å². The highest BCUT2D eigenvalue weighted by atomic mass is 32.2. The van der Waals surface area contributed by atoms with E-state index in [2.05, 4.69) is 12.2 Å². The lowest BCUT2D eigenvalue weighted by molar-refractivity contribution is -0.121. The second kappa shape index (κ2) is 8.85. The first-order valence-corrected chi connectivity index (χ1v) is 12.4. The molecule has 1 aromatic rings. The van der Waals surface area contributed by atoms with Crippen molar-refractivity contribution in [2.75, 3.05) is 33.4 Å². The van der Waals surface area contributed by atoms with E-state index >= 15 is 0 Å². The lowest BCUT2D eigenvalue weighted by atomic mass is 9.84. The van der Waals surface area contributed by atoms with Gasteiger partial charge in [-0.1, -0.05) is 12.5 Å². The normalized spacial score (nSPS) is 27.7. The Hall–Kier alpha value is -1.64. The second-order valence-corrected chi connectivity index (χ2v) is 10.8. The first-order valence-electron chi connectivity index (χ1n) is 10.9. The molecule has 0 aromatic heterocycles. The summed E-state index contributed by atoms with van der Waals surface area (Å²) in [5, 5.41) is 3.16. The molecular weight excluding hydrogens is 404 g/mol. The second-order valence-electron chi connectivity index (χ2n) is 8.87. The summed E-state index contributed by atoms with van der Waals surface area (Å²) >= 11 is 0. The van der Waals surface area contributed by atoms with Crippen LogP contribution < -0.4 is 10.1 Å².